The van der Waals surface area contributed by atoms with Gasteiger partial charge in [-0.3, -0.25) is 4.79 Å². The summed E-state index contributed by atoms with van der Waals surface area (Å²) in [5.41, 5.74) is 3.05. The van der Waals surface area contributed by atoms with Crippen LogP contribution in [0, 0.1) is 18.8 Å². The van der Waals surface area contributed by atoms with E-state index >= 15 is 0 Å². The van der Waals surface area contributed by atoms with E-state index in [1.807, 2.05) is 61.5 Å². The van der Waals surface area contributed by atoms with Crippen LogP contribution in [-0.2, 0) is 11.2 Å². The van der Waals surface area contributed by atoms with Crippen molar-refractivity contribution in [2.75, 3.05) is 0 Å². The molecule has 2 rings (SSSR count). The zero-order valence-corrected chi connectivity index (χ0v) is 10.3. The van der Waals surface area contributed by atoms with Crippen molar-refractivity contribution in [3.8, 4) is 11.8 Å². The summed E-state index contributed by atoms with van der Waals surface area (Å²) in [5, 5.41) is 0. The fraction of sp³-hybridized carbons (Fsp3) is 0.118. The number of carbonyl (C=O) groups excluding carboxylic acids is 1. The minimum absolute atomic E-state index is 0.0514. The maximum Gasteiger partial charge on any atom is 0.210 e. The van der Waals surface area contributed by atoms with Crippen LogP contribution in [0.3, 0.4) is 0 Å². The topological polar surface area (TPSA) is 17.1 Å². The molecule has 0 radical (unpaired) electrons. The predicted octanol–water partition coefficient (Wildman–Crippen LogP) is 3.16. The molecule has 0 aliphatic heterocycles. The molecule has 0 saturated heterocycles. The van der Waals surface area contributed by atoms with E-state index in [1.165, 1.54) is 0 Å². The lowest BCUT2D eigenvalue weighted by atomic mass is 10.1. The Morgan fingerprint density at radius 3 is 2.56 bits per heavy atom. The lowest BCUT2D eigenvalue weighted by molar-refractivity contribution is -0.113. The average Bonchev–Trinajstić information content (AvgIpc) is 2.38. The van der Waals surface area contributed by atoms with Crippen molar-refractivity contribution in [3.05, 3.63) is 71.3 Å². The van der Waals surface area contributed by atoms with Crippen molar-refractivity contribution in [3.63, 3.8) is 0 Å². The van der Waals surface area contributed by atoms with E-state index in [4.69, 9.17) is 0 Å². The van der Waals surface area contributed by atoms with Gasteiger partial charge < -0.3 is 0 Å². The summed E-state index contributed by atoms with van der Waals surface area (Å²) in [5.74, 6) is 5.51. The molecule has 0 saturated carbocycles. The first kappa shape index (κ1) is 12.1. The number of aryl methyl sites for hydroxylation is 1. The second kappa shape index (κ2) is 5.84. The van der Waals surface area contributed by atoms with Gasteiger partial charge in [-0.1, -0.05) is 53.9 Å². The van der Waals surface area contributed by atoms with Crippen molar-refractivity contribution < 1.29 is 4.79 Å². The SMILES string of the molecule is Cc1cccc(CC(=O)C#Cc2ccccc2)c1. The van der Waals surface area contributed by atoms with Gasteiger partial charge in [-0.2, -0.15) is 0 Å². The summed E-state index contributed by atoms with van der Waals surface area (Å²) < 4.78 is 0. The van der Waals surface area contributed by atoms with Crippen LogP contribution in [-0.4, -0.2) is 5.78 Å². The lowest BCUT2D eigenvalue weighted by Crippen LogP contribution is -1.99. The van der Waals surface area contributed by atoms with E-state index in [0.29, 0.717) is 6.42 Å². The average molecular weight is 234 g/mol. The molecular weight excluding hydrogens is 220 g/mol. The van der Waals surface area contributed by atoms with Crippen LogP contribution in [0.5, 0.6) is 0 Å². The molecule has 0 aromatic heterocycles. The quantitative estimate of drug-likeness (QED) is 0.729. The summed E-state index contributed by atoms with van der Waals surface area (Å²) >= 11 is 0. The molecule has 0 spiro atoms. The zero-order valence-electron chi connectivity index (χ0n) is 10.3. The van der Waals surface area contributed by atoms with Gasteiger partial charge in [-0.25, -0.2) is 0 Å². The van der Waals surface area contributed by atoms with Crippen molar-refractivity contribution in [1.29, 1.82) is 0 Å². The summed E-state index contributed by atoms with van der Waals surface area (Å²) in [7, 11) is 0. The standard InChI is InChI=1S/C17H14O/c1-14-6-5-9-16(12-14)13-17(18)11-10-15-7-3-2-4-8-15/h2-9,12H,13H2,1H3. The molecule has 0 bridgehead atoms. The molecule has 0 unspecified atom stereocenters. The van der Waals surface area contributed by atoms with Crippen molar-refractivity contribution in [2.45, 2.75) is 13.3 Å². The molecule has 0 heterocycles. The van der Waals surface area contributed by atoms with E-state index in [1.54, 1.807) is 0 Å². The van der Waals surface area contributed by atoms with Crippen molar-refractivity contribution >= 4 is 5.78 Å². The second-order valence-corrected chi connectivity index (χ2v) is 4.21. The van der Waals surface area contributed by atoms with Crippen molar-refractivity contribution in [2.24, 2.45) is 0 Å². The van der Waals surface area contributed by atoms with E-state index in [-0.39, 0.29) is 5.78 Å². The monoisotopic (exact) mass is 234 g/mol. The first-order valence-electron chi connectivity index (χ1n) is 5.89. The highest BCUT2D eigenvalue weighted by Crippen LogP contribution is 2.05. The van der Waals surface area contributed by atoms with E-state index < -0.39 is 0 Å². The Kier molecular flexibility index (Phi) is 3.94. The maximum atomic E-state index is 11.7. The molecule has 88 valence electrons. The summed E-state index contributed by atoms with van der Waals surface area (Å²) in [6.45, 7) is 2.02. The molecule has 1 nitrogen and oxygen atoms in total. The highest BCUT2D eigenvalue weighted by molar-refractivity contribution is 5.97. The Balaban J connectivity index is 2.04. The minimum Gasteiger partial charge on any atom is -0.285 e. The molecule has 0 N–H and O–H groups in total. The molecule has 0 amide bonds. The highest BCUT2D eigenvalue weighted by atomic mass is 16.1. The lowest BCUT2D eigenvalue weighted by Gasteiger charge is -1.97. The van der Waals surface area contributed by atoms with Gasteiger partial charge in [0.05, 0.1) is 0 Å². The van der Waals surface area contributed by atoms with Crippen LogP contribution in [0.1, 0.15) is 16.7 Å². The van der Waals surface area contributed by atoms with Gasteiger partial charge in [0.25, 0.3) is 0 Å². The zero-order chi connectivity index (χ0) is 12.8. The van der Waals surface area contributed by atoms with E-state index in [2.05, 4.69) is 11.8 Å². The molecule has 18 heavy (non-hydrogen) atoms. The molecule has 0 aliphatic rings. The van der Waals surface area contributed by atoms with Crippen LogP contribution >= 0.6 is 0 Å². The molecule has 1 heteroatoms. The predicted molar refractivity (Wildman–Crippen MR) is 73.2 cm³/mol. The van der Waals surface area contributed by atoms with Crippen LogP contribution < -0.4 is 0 Å². The number of rotatable bonds is 2. The summed E-state index contributed by atoms with van der Waals surface area (Å²) in [6, 6.07) is 17.5. The Hall–Kier alpha value is -2.33. The second-order valence-electron chi connectivity index (χ2n) is 4.21. The van der Waals surface area contributed by atoms with E-state index in [9.17, 15) is 4.79 Å². The van der Waals surface area contributed by atoms with Crippen LogP contribution in [0.25, 0.3) is 0 Å². The number of hydrogen-bond donors (Lipinski definition) is 0. The third kappa shape index (κ3) is 3.61. The molecule has 0 fully saturated rings. The third-order valence-corrected chi connectivity index (χ3v) is 2.57. The van der Waals surface area contributed by atoms with Crippen LogP contribution in [0.2, 0.25) is 0 Å². The molecule has 0 atom stereocenters. The first-order chi connectivity index (χ1) is 8.74. The van der Waals surface area contributed by atoms with Gasteiger partial charge in [0.2, 0.25) is 5.78 Å². The number of carbonyl (C=O) groups is 1. The Morgan fingerprint density at radius 2 is 1.83 bits per heavy atom. The Bertz CT molecular complexity index is 600. The van der Waals surface area contributed by atoms with E-state index in [0.717, 1.165) is 16.7 Å². The highest BCUT2D eigenvalue weighted by Gasteiger charge is 1.99. The first-order valence-corrected chi connectivity index (χ1v) is 5.89. The number of ketones is 1. The molecular formula is C17H14O. The normalized spacial score (nSPS) is 9.39. The van der Waals surface area contributed by atoms with Gasteiger partial charge in [0.1, 0.15) is 0 Å². The Morgan fingerprint density at radius 1 is 1.06 bits per heavy atom. The molecule has 0 aliphatic carbocycles. The van der Waals surface area contributed by atoms with Gasteiger partial charge in [0.15, 0.2) is 0 Å². The van der Waals surface area contributed by atoms with Crippen LogP contribution in [0.15, 0.2) is 54.6 Å². The van der Waals surface area contributed by atoms with Gasteiger partial charge in [-0.15, -0.1) is 0 Å². The number of benzene rings is 2. The van der Waals surface area contributed by atoms with Gasteiger partial charge in [0, 0.05) is 12.0 Å². The Labute approximate surface area is 107 Å². The number of hydrogen-bond acceptors (Lipinski definition) is 1. The molecule has 2 aromatic rings. The smallest absolute Gasteiger partial charge is 0.210 e. The van der Waals surface area contributed by atoms with Crippen LogP contribution in [0.4, 0.5) is 0 Å². The fourth-order valence-electron chi connectivity index (χ4n) is 1.72. The maximum absolute atomic E-state index is 11.7. The minimum atomic E-state index is -0.0514. The molecule has 2 aromatic carbocycles. The number of Topliss-reactive ketones (excluding diaryl/α,β-unsaturated/α-hetero) is 1. The van der Waals surface area contributed by atoms with Crippen molar-refractivity contribution in [1.82, 2.24) is 0 Å². The fourth-order valence-corrected chi connectivity index (χ4v) is 1.72. The largest absolute Gasteiger partial charge is 0.285 e. The third-order valence-electron chi connectivity index (χ3n) is 2.57. The summed E-state index contributed by atoms with van der Waals surface area (Å²) in [6.07, 6.45) is 0.377. The summed E-state index contributed by atoms with van der Waals surface area (Å²) in [4.78, 5) is 11.7. The van der Waals surface area contributed by atoms with Gasteiger partial charge in [-0.05, 0) is 30.5 Å². The van der Waals surface area contributed by atoms with Gasteiger partial charge >= 0.3 is 0 Å².